The van der Waals surface area contributed by atoms with E-state index in [1.807, 2.05) is 6.92 Å². The van der Waals surface area contributed by atoms with Gasteiger partial charge in [-0.1, -0.05) is 29.9 Å². The molecule has 4 rings (SSSR count). The average molecular weight is 404 g/mol. The first-order valence-electron chi connectivity index (χ1n) is 8.22. The summed E-state index contributed by atoms with van der Waals surface area (Å²) in [5.74, 6) is 0.134. The lowest BCUT2D eigenvalue weighted by Gasteiger charge is -2.17. The van der Waals surface area contributed by atoms with Crippen molar-refractivity contribution < 1.29 is 14.3 Å². The maximum absolute atomic E-state index is 12.3. The molecular formula is C18H14ClN3O4S. The first kappa shape index (κ1) is 17.7. The van der Waals surface area contributed by atoms with Crippen molar-refractivity contribution in [2.75, 3.05) is 6.61 Å². The Kier molecular flexibility index (Phi) is 4.67. The van der Waals surface area contributed by atoms with Crippen molar-refractivity contribution in [3.05, 3.63) is 61.5 Å². The number of nitrogens with zero attached hydrogens (tertiary/aromatic N) is 3. The Hall–Kier alpha value is -2.71. The molecule has 0 fully saturated rings. The Labute approximate surface area is 162 Å². The van der Waals surface area contributed by atoms with E-state index in [0.29, 0.717) is 27.0 Å². The summed E-state index contributed by atoms with van der Waals surface area (Å²) in [6, 6.07) is 6.51. The van der Waals surface area contributed by atoms with Crippen LogP contribution in [0.15, 0.2) is 34.6 Å². The van der Waals surface area contributed by atoms with Gasteiger partial charge in [0.25, 0.3) is 5.56 Å². The molecule has 0 aliphatic carbocycles. The molecule has 2 aromatic heterocycles. The Morgan fingerprint density at radius 1 is 1.41 bits per heavy atom. The van der Waals surface area contributed by atoms with E-state index >= 15 is 0 Å². The van der Waals surface area contributed by atoms with E-state index in [2.05, 4.69) is 10.1 Å². The second kappa shape index (κ2) is 7.13. The molecule has 1 aliphatic rings. The smallest absolute Gasteiger partial charge is 0.337 e. The maximum atomic E-state index is 12.3. The van der Waals surface area contributed by atoms with Gasteiger partial charge < -0.3 is 9.47 Å². The summed E-state index contributed by atoms with van der Waals surface area (Å²) in [7, 11) is 0. The van der Waals surface area contributed by atoms with Gasteiger partial charge in [-0.2, -0.15) is 9.61 Å². The number of esters is 1. The number of ether oxygens (including phenoxy) is 2. The van der Waals surface area contributed by atoms with Crippen LogP contribution in [0.25, 0.3) is 11.0 Å². The molecule has 138 valence electrons. The summed E-state index contributed by atoms with van der Waals surface area (Å²) < 4.78 is 12.1. The van der Waals surface area contributed by atoms with Gasteiger partial charge in [-0.05, 0) is 30.7 Å². The van der Waals surface area contributed by atoms with Crippen LogP contribution in [-0.2, 0) is 22.6 Å². The van der Waals surface area contributed by atoms with Crippen molar-refractivity contribution in [1.82, 2.24) is 14.6 Å². The molecule has 9 heteroatoms. The number of halogens is 1. The summed E-state index contributed by atoms with van der Waals surface area (Å²) in [5.41, 5.74) is 1.16. The van der Waals surface area contributed by atoms with Crippen LogP contribution < -0.4 is 10.3 Å². The van der Waals surface area contributed by atoms with Gasteiger partial charge in [0.15, 0.2) is 0 Å². The Balaban J connectivity index is 1.51. The van der Waals surface area contributed by atoms with Crippen LogP contribution in [0.4, 0.5) is 0 Å². The zero-order valence-electron chi connectivity index (χ0n) is 14.3. The van der Waals surface area contributed by atoms with Crippen molar-refractivity contribution in [3.63, 3.8) is 0 Å². The van der Waals surface area contributed by atoms with Crippen molar-refractivity contribution in [3.8, 4) is 5.75 Å². The highest BCUT2D eigenvalue weighted by Gasteiger charge is 2.19. The van der Waals surface area contributed by atoms with Crippen molar-refractivity contribution in [1.29, 1.82) is 0 Å². The fraction of sp³-hybridized carbons (Fsp3) is 0.222. The highest BCUT2D eigenvalue weighted by molar-refractivity contribution is 7.16. The minimum atomic E-state index is -0.527. The van der Waals surface area contributed by atoms with Gasteiger partial charge in [0, 0.05) is 16.7 Å². The summed E-state index contributed by atoms with van der Waals surface area (Å²) in [4.78, 5) is 29.3. The van der Waals surface area contributed by atoms with E-state index < -0.39 is 5.97 Å². The monoisotopic (exact) mass is 403 g/mol. The molecule has 1 aliphatic heterocycles. The lowest BCUT2D eigenvalue weighted by atomic mass is 10.1. The molecule has 7 nitrogen and oxygen atoms in total. The normalized spacial score (nSPS) is 13.0. The van der Waals surface area contributed by atoms with Crippen molar-refractivity contribution >= 4 is 39.9 Å². The number of aromatic nitrogens is 3. The van der Waals surface area contributed by atoms with Crippen molar-refractivity contribution in [2.45, 2.75) is 20.0 Å². The van der Waals surface area contributed by atoms with Gasteiger partial charge >= 0.3 is 5.97 Å². The Morgan fingerprint density at radius 3 is 3.07 bits per heavy atom. The lowest BCUT2D eigenvalue weighted by Crippen LogP contribution is -2.19. The zero-order valence-corrected chi connectivity index (χ0v) is 15.8. The average Bonchev–Trinajstić information content (AvgIpc) is 3.09. The molecule has 27 heavy (non-hydrogen) atoms. The molecule has 0 amide bonds. The van der Waals surface area contributed by atoms with Gasteiger partial charge in [-0.15, -0.1) is 0 Å². The predicted octanol–water partition coefficient (Wildman–Crippen LogP) is 2.89. The third kappa shape index (κ3) is 3.58. The predicted molar refractivity (Wildman–Crippen MR) is 101 cm³/mol. The minimum Gasteiger partial charge on any atom is -0.488 e. The van der Waals surface area contributed by atoms with Crippen molar-refractivity contribution in [2.24, 2.45) is 0 Å². The second-order valence-electron chi connectivity index (χ2n) is 5.85. The van der Waals surface area contributed by atoms with Crippen LogP contribution in [0.5, 0.6) is 5.75 Å². The highest BCUT2D eigenvalue weighted by Crippen LogP contribution is 2.29. The number of carbonyl (C=O) groups excluding carboxylic acids is 1. The molecule has 3 aromatic rings. The lowest BCUT2D eigenvalue weighted by molar-refractivity contribution is -0.140. The first-order chi connectivity index (χ1) is 13.0. The van der Waals surface area contributed by atoms with Crippen LogP contribution >= 0.6 is 22.9 Å². The maximum Gasteiger partial charge on any atom is 0.337 e. The van der Waals surface area contributed by atoms with E-state index in [0.717, 1.165) is 17.0 Å². The third-order valence-electron chi connectivity index (χ3n) is 3.94. The van der Waals surface area contributed by atoms with E-state index in [4.69, 9.17) is 21.1 Å². The summed E-state index contributed by atoms with van der Waals surface area (Å²) in [6.07, 6.45) is 2.41. The molecule has 0 saturated carbocycles. The zero-order chi connectivity index (χ0) is 19.0. The molecule has 0 atom stereocenters. The third-order valence-corrected chi connectivity index (χ3v) is 5.23. The fourth-order valence-electron chi connectivity index (χ4n) is 2.61. The van der Waals surface area contributed by atoms with Crippen LogP contribution in [0, 0.1) is 0 Å². The van der Waals surface area contributed by atoms with Gasteiger partial charge in [0.1, 0.15) is 24.0 Å². The SMILES string of the molecule is CCc1nn2c(=O)cc(COC(=O)C3=Cc4cc(Cl)ccc4OC3)nc2s1. The molecule has 0 radical (unpaired) electrons. The number of fused-ring (bicyclic) bond motifs is 2. The van der Waals surface area contributed by atoms with E-state index in [-0.39, 0.29) is 18.8 Å². The van der Waals surface area contributed by atoms with Crippen LogP contribution in [0.2, 0.25) is 5.02 Å². The molecule has 0 unspecified atom stereocenters. The molecule has 1 aromatic carbocycles. The van der Waals surface area contributed by atoms with E-state index in [1.165, 1.54) is 21.9 Å². The standard InChI is InChI=1S/C18H14ClN3O4S/c1-2-15-21-22-16(23)7-13(20-18(22)27-15)9-26-17(24)11-5-10-6-12(19)3-4-14(10)25-8-11/h3-7H,2,8-9H2,1H3. The van der Waals surface area contributed by atoms with Crippen LogP contribution in [0.1, 0.15) is 23.2 Å². The largest absolute Gasteiger partial charge is 0.488 e. The highest BCUT2D eigenvalue weighted by atomic mass is 35.5. The quantitative estimate of drug-likeness (QED) is 0.623. The number of aryl methyl sites for hydroxylation is 1. The molecule has 0 bridgehead atoms. The van der Waals surface area contributed by atoms with E-state index in [9.17, 15) is 9.59 Å². The summed E-state index contributed by atoms with van der Waals surface area (Å²) >= 11 is 7.31. The number of carbonyl (C=O) groups is 1. The van der Waals surface area contributed by atoms with Gasteiger partial charge in [-0.25, -0.2) is 9.78 Å². The van der Waals surface area contributed by atoms with Gasteiger partial charge in [0.2, 0.25) is 4.96 Å². The first-order valence-corrected chi connectivity index (χ1v) is 9.41. The number of benzene rings is 1. The Bertz CT molecular complexity index is 1140. The van der Waals surface area contributed by atoms with E-state index in [1.54, 1.807) is 24.3 Å². The van der Waals surface area contributed by atoms with Crippen LogP contribution in [-0.4, -0.2) is 27.2 Å². The second-order valence-corrected chi connectivity index (χ2v) is 7.32. The summed E-state index contributed by atoms with van der Waals surface area (Å²) in [6.45, 7) is 1.96. The molecule has 0 spiro atoms. The molecule has 0 saturated heterocycles. The van der Waals surface area contributed by atoms with Gasteiger partial charge in [-0.3, -0.25) is 4.79 Å². The minimum absolute atomic E-state index is 0.107. The van der Waals surface area contributed by atoms with Crippen LogP contribution in [0.3, 0.4) is 0 Å². The fourth-order valence-corrected chi connectivity index (χ4v) is 3.65. The van der Waals surface area contributed by atoms with Gasteiger partial charge in [0.05, 0.1) is 11.3 Å². The molecular weight excluding hydrogens is 390 g/mol. The number of rotatable bonds is 4. The molecule has 3 heterocycles. The number of hydrogen-bond donors (Lipinski definition) is 0. The Morgan fingerprint density at radius 2 is 2.26 bits per heavy atom. The number of hydrogen-bond acceptors (Lipinski definition) is 7. The topological polar surface area (TPSA) is 82.8 Å². The molecule has 0 N–H and O–H groups in total. The summed E-state index contributed by atoms with van der Waals surface area (Å²) in [5, 5.41) is 5.55.